The minimum atomic E-state index is 0.575. The first-order valence-corrected chi connectivity index (χ1v) is 9.20. The number of hydrogen-bond acceptors (Lipinski definition) is 3. The molecule has 3 heteroatoms. The molecule has 10 atom stereocenters. The van der Waals surface area contributed by atoms with Gasteiger partial charge in [-0.05, 0) is 71.3 Å². The van der Waals surface area contributed by atoms with Gasteiger partial charge in [-0.2, -0.15) is 0 Å². The van der Waals surface area contributed by atoms with Crippen LogP contribution >= 0.6 is 0 Å². The number of methoxy groups -OCH3 is 2. The fourth-order valence-electron chi connectivity index (χ4n) is 9.33. The van der Waals surface area contributed by atoms with Crippen molar-refractivity contribution in [2.75, 3.05) is 14.2 Å². The summed E-state index contributed by atoms with van der Waals surface area (Å²) in [4.78, 5) is 0. The second-order valence-corrected chi connectivity index (χ2v) is 9.16. The molecule has 2 spiro atoms. The SMILES string of the molecule is COc1ccc(OC)c2c1[C@H]1[C@H]3C4C5[C@@]16C[C@H]1O[C@H]1C[C@]56[C@@H]2[C@@H]43. The predicted molar refractivity (Wildman–Crippen MR) is 81.7 cm³/mol. The molecule has 9 rings (SSSR count). The number of benzene rings is 1. The lowest BCUT2D eigenvalue weighted by Crippen LogP contribution is -2.43. The Bertz CT molecular complexity index is 767. The zero-order chi connectivity index (χ0) is 14.9. The molecule has 2 bridgehead atoms. The Morgan fingerprint density at radius 1 is 0.870 bits per heavy atom. The van der Waals surface area contributed by atoms with Gasteiger partial charge in [-0.1, -0.05) is 0 Å². The molecule has 8 aliphatic rings. The molecule has 7 aliphatic carbocycles. The third-order valence-corrected chi connectivity index (χ3v) is 9.38. The van der Waals surface area contributed by atoms with E-state index >= 15 is 0 Å². The minimum Gasteiger partial charge on any atom is -0.496 e. The van der Waals surface area contributed by atoms with E-state index in [-0.39, 0.29) is 0 Å². The van der Waals surface area contributed by atoms with Gasteiger partial charge in [0.25, 0.3) is 0 Å². The molecule has 1 heterocycles. The van der Waals surface area contributed by atoms with Gasteiger partial charge in [-0.15, -0.1) is 0 Å². The highest BCUT2D eigenvalue weighted by atomic mass is 16.6. The van der Waals surface area contributed by atoms with Crippen LogP contribution in [0.2, 0.25) is 0 Å². The maximum atomic E-state index is 6.01. The Hall–Kier alpha value is -1.22. The van der Waals surface area contributed by atoms with E-state index in [1.54, 1.807) is 0 Å². The molecule has 118 valence electrons. The van der Waals surface area contributed by atoms with Crippen LogP contribution in [0.4, 0.5) is 0 Å². The Kier molecular flexibility index (Phi) is 1.39. The van der Waals surface area contributed by atoms with Gasteiger partial charge in [-0.25, -0.2) is 0 Å². The van der Waals surface area contributed by atoms with E-state index < -0.39 is 0 Å². The summed E-state index contributed by atoms with van der Waals surface area (Å²) in [6.07, 6.45) is 3.85. The molecule has 1 aromatic rings. The van der Waals surface area contributed by atoms with Gasteiger partial charge in [0.05, 0.1) is 26.4 Å². The molecule has 0 N–H and O–H groups in total. The van der Waals surface area contributed by atoms with E-state index in [1.165, 1.54) is 24.0 Å². The summed E-state index contributed by atoms with van der Waals surface area (Å²) in [6.45, 7) is 0. The molecule has 1 saturated heterocycles. The van der Waals surface area contributed by atoms with Gasteiger partial charge in [0.1, 0.15) is 11.5 Å². The first kappa shape index (κ1) is 11.4. The van der Waals surface area contributed by atoms with Crippen LogP contribution in [0.1, 0.15) is 35.8 Å². The van der Waals surface area contributed by atoms with Crippen LogP contribution in [0.15, 0.2) is 12.1 Å². The van der Waals surface area contributed by atoms with Crippen molar-refractivity contribution in [3.8, 4) is 11.5 Å². The Morgan fingerprint density at radius 2 is 1.39 bits per heavy atom. The van der Waals surface area contributed by atoms with Gasteiger partial charge in [0.15, 0.2) is 0 Å². The van der Waals surface area contributed by atoms with E-state index in [9.17, 15) is 0 Å². The van der Waals surface area contributed by atoms with Gasteiger partial charge in [-0.3, -0.25) is 0 Å². The highest BCUT2D eigenvalue weighted by Gasteiger charge is 3.03. The Morgan fingerprint density at radius 3 is 1.87 bits per heavy atom. The van der Waals surface area contributed by atoms with E-state index in [1.807, 2.05) is 14.2 Å². The molecule has 0 radical (unpaired) electrons. The van der Waals surface area contributed by atoms with Gasteiger partial charge < -0.3 is 14.2 Å². The topological polar surface area (TPSA) is 31.0 Å². The van der Waals surface area contributed by atoms with Crippen LogP contribution in [0.25, 0.3) is 0 Å². The summed E-state index contributed by atoms with van der Waals surface area (Å²) in [5, 5.41) is 0. The van der Waals surface area contributed by atoms with Crippen LogP contribution in [0, 0.1) is 34.5 Å². The molecule has 1 aromatic carbocycles. The normalized spacial score (nSPS) is 62.2. The van der Waals surface area contributed by atoms with Crippen molar-refractivity contribution in [1.82, 2.24) is 0 Å². The lowest BCUT2D eigenvalue weighted by atomic mass is 9.52. The van der Waals surface area contributed by atoms with Gasteiger partial charge in [0.2, 0.25) is 0 Å². The summed E-state index contributed by atoms with van der Waals surface area (Å²) >= 11 is 0. The van der Waals surface area contributed by atoms with Crippen molar-refractivity contribution >= 4 is 0 Å². The molecule has 5 saturated carbocycles. The number of rotatable bonds is 2. The van der Waals surface area contributed by atoms with E-state index in [2.05, 4.69) is 12.1 Å². The first-order chi connectivity index (χ1) is 11.3. The monoisotopic (exact) mass is 308 g/mol. The predicted octanol–water partition coefficient (Wildman–Crippen LogP) is 2.94. The largest absolute Gasteiger partial charge is 0.496 e. The average Bonchev–Trinajstić information content (AvgIpc) is 3.48. The Labute approximate surface area is 135 Å². The summed E-state index contributed by atoms with van der Waals surface area (Å²) in [7, 11) is 3.67. The molecule has 23 heavy (non-hydrogen) atoms. The highest BCUT2D eigenvalue weighted by Crippen LogP contribution is 3.07. The summed E-state index contributed by atoms with van der Waals surface area (Å²) in [6, 6.07) is 4.29. The van der Waals surface area contributed by atoms with Crippen LogP contribution in [-0.4, -0.2) is 26.4 Å². The van der Waals surface area contributed by atoms with Crippen molar-refractivity contribution in [3.63, 3.8) is 0 Å². The maximum absolute atomic E-state index is 6.01. The zero-order valence-electron chi connectivity index (χ0n) is 13.4. The molecule has 2 unspecified atom stereocenters. The van der Waals surface area contributed by atoms with E-state index in [0.29, 0.717) is 23.0 Å². The molecular weight excluding hydrogens is 288 g/mol. The van der Waals surface area contributed by atoms with Crippen LogP contribution in [0.3, 0.4) is 0 Å². The van der Waals surface area contributed by atoms with Gasteiger partial charge >= 0.3 is 0 Å². The van der Waals surface area contributed by atoms with Crippen LogP contribution < -0.4 is 9.47 Å². The second-order valence-electron chi connectivity index (χ2n) is 9.16. The second kappa shape index (κ2) is 2.81. The maximum Gasteiger partial charge on any atom is 0.122 e. The molecule has 0 aromatic heterocycles. The minimum absolute atomic E-state index is 0.575. The molecule has 0 amide bonds. The van der Waals surface area contributed by atoms with Crippen LogP contribution in [-0.2, 0) is 4.74 Å². The first-order valence-electron chi connectivity index (χ1n) is 9.20. The number of hydrogen-bond donors (Lipinski definition) is 0. The van der Waals surface area contributed by atoms with Crippen molar-refractivity contribution < 1.29 is 14.2 Å². The summed E-state index contributed by atoms with van der Waals surface area (Å²) < 4.78 is 17.7. The third kappa shape index (κ3) is 0.782. The number of epoxide rings is 1. The highest BCUT2D eigenvalue weighted by molar-refractivity contribution is 5.69. The van der Waals surface area contributed by atoms with Crippen molar-refractivity contribution in [2.45, 2.75) is 36.9 Å². The lowest BCUT2D eigenvalue weighted by Gasteiger charge is -2.50. The quantitative estimate of drug-likeness (QED) is 0.787. The fraction of sp³-hybridized carbons (Fsp3) is 0.700. The smallest absolute Gasteiger partial charge is 0.122 e. The van der Waals surface area contributed by atoms with Crippen molar-refractivity contribution in [1.29, 1.82) is 0 Å². The molecule has 1 aliphatic heterocycles. The standard InChI is InChI=1S/C20H20O3/c1-21-7-3-4-8(22-2)12-11(7)16-13-14-15(13)18-19(16)5-9-10(23-9)6-20(18,19)17(12)14/h3-4,9-10,13-18H,5-6H2,1-2H3/t9-,10+,13-,14-,15?,16+,17+,18?,19-,20+/m1/s1. The Balaban J connectivity index is 1.48. The van der Waals surface area contributed by atoms with Crippen molar-refractivity contribution in [3.05, 3.63) is 23.3 Å². The van der Waals surface area contributed by atoms with E-state index in [4.69, 9.17) is 14.2 Å². The lowest BCUT2D eigenvalue weighted by molar-refractivity contribution is 0.101. The average molecular weight is 308 g/mol. The van der Waals surface area contributed by atoms with Crippen LogP contribution in [0.5, 0.6) is 11.5 Å². The van der Waals surface area contributed by atoms with Crippen molar-refractivity contribution in [2.24, 2.45) is 34.5 Å². The summed E-state index contributed by atoms with van der Waals surface area (Å²) in [5.74, 6) is 7.63. The number of ether oxygens (including phenoxy) is 3. The third-order valence-electron chi connectivity index (χ3n) is 9.38. The van der Waals surface area contributed by atoms with E-state index in [0.717, 1.165) is 47.0 Å². The zero-order valence-corrected chi connectivity index (χ0v) is 13.4. The fourth-order valence-corrected chi connectivity index (χ4v) is 9.33. The summed E-state index contributed by atoms with van der Waals surface area (Å²) in [5.41, 5.74) is 4.23. The molecule has 6 fully saturated rings. The molecule has 3 nitrogen and oxygen atoms in total. The molecular formula is C20H20O3. The van der Waals surface area contributed by atoms with Gasteiger partial charge in [0, 0.05) is 11.1 Å². The number of fused-ring (bicyclic) bond motifs is 1.